The Labute approximate surface area is 185 Å². The lowest BCUT2D eigenvalue weighted by molar-refractivity contribution is 0.242. The van der Waals surface area contributed by atoms with Crippen LogP contribution in [0.2, 0.25) is 0 Å². The number of fused-ring (bicyclic) bond motifs is 1. The van der Waals surface area contributed by atoms with Gasteiger partial charge in [-0.2, -0.15) is 9.40 Å². The SMILES string of the molecule is CCN(Cc1nn(-c2ccccc2)c2c1CN(Cc1ccccc1)CC2)S(=O)(=O)CC. The van der Waals surface area contributed by atoms with Gasteiger partial charge in [0.25, 0.3) is 0 Å². The summed E-state index contributed by atoms with van der Waals surface area (Å²) in [6, 6.07) is 20.6. The van der Waals surface area contributed by atoms with Crippen molar-refractivity contribution in [2.75, 3.05) is 18.8 Å². The van der Waals surface area contributed by atoms with Crippen LogP contribution in [0.5, 0.6) is 0 Å². The number of aromatic nitrogens is 2. The maximum Gasteiger partial charge on any atom is 0.214 e. The number of hydrogen-bond acceptors (Lipinski definition) is 4. The van der Waals surface area contributed by atoms with E-state index in [1.54, 1.807) is 11.2 Å². The average Bonchev–Trinajstić information content (AvgIpc) is 3.16. The lowest BCUT2D eigenvalue weighted by Gasteiger charge is -2.28. The van der Waals surface area contributed by atoms with Gasteiger partial charge >= 0.3 is 0 Å². The minimum atomic E-state index is -3.28. The molecular weight excluding hydrogens is 408 g/mol. The molecule has 4 rings (SSSR count). The van der Waals surface area contributed by atoms with E-state index < -0.39 is 10.0 Å². The van der Waals surface area contributed by atoms with Gasteiger partial charge in [0.2, 0.25) is 10.0 Å². The lowest BCUT2D eigenvalue weighted by Crippen LogP contribution is -2.33. The van der Waals surface area contributed by atoms with E-state index in [0.717, 1.165) is 43.0 Å². The van der Waals surface area contributed by atoms with Gasteiger partial charge in [0.1, 0.15) is 0 Å². The number of para-hydroxylation sites is 1. The summed E-state index contributed by atoms with van der Waals surface area (Å²) in [6.45, 7) is 6.93. The summed E-state index contributed by atoms with van der Waals surface area (Å²) in [6.07, 6.45) is 0.886. The normalized spacial score (nSPS) is 14.7. The zero-order chi connectivity index (χ0) is 21.8. The van der Waals surface area contributed by atoms with Gasteiger partial charge < -0.3 is 0 Å². The molecule has 0 aliphatic carbocycles. The summed E-state index contributed by atoms with van der Waals surface area (Å²) >= 11 is 0. The Morgan fingerprint density at radius 3 is 2.32 bits per heavy atom. The number of sulfonamides is 1. The minimum Gasteiger partial charge on any atom is -0.294 e. The highest BCUT2D eigenvalue weighted by Gasteiger charge is 2.28. The molecule has 0 spiro atoms. The zero-order valence-electron chi connectivity index (χ0n) is 18.2. The highest BCUT2D eigenvalue weighted by atomic mass is 32.2. The number of hydrogen-bond donors (Lipinski definition) is 0. The van der Waals surface area contributed by atoms with Crippen molar-refractivity contribution in [3.63, 3.8) is 0 Å². The van der Waals surface area contributed by atoms with Crippen molar-refractivity contribution in [1.82, 2.24) is 19.0 Å². The molecule has 2 aromatic carbocycles. The maximum absolute atomic E-state index is 12.6. The summed E-state index contributed by atoms with van der Waals surface area (Å²) in [5.74, 6) is 0.0998. The van der Waals surface area contributed by atoms with Crippen LogP contribution in [0.4, 0.5) is 0 Å². The quantitative estimate of drug-likeness (QED) is 0.539. The van der Waals surface area contributed by atoms with E-state index in [1.807, 2.05) is 48.0 Å². The molecule has 0 saturated heterocycles. The molecule has 7 heteroatoms. The molecule has 0 N–H and O–H groups in total. The fraction of sp³-hybridized carbons (Fsp3) is 0.375. The molecular formula is C24H30N4O2S. The maximum atomic E-state index is 12.6. The van der Waals surface area contributed by atoms with Crippen LogP contribution < -0.4 is 0 Å². The van der Waals surface area contributed by atoms with Crippen LogP contribution in [0.3, 0.4) is 0 Å². The van der Waals surface area contributed by atoms with Crippen molar-refractivity contribution in [1.29, 1.82) is 0 Å². The van der Waals surface area contributed by atoms with Crippen LogP contribution in [-0.2, 0) is 36.1 Å². The predicted molar refractivity (Wildman–Crippen MR) is 123 cm³/mol. The molecule has 164 valence electrons. The highest BCUT2D eigenvalue weighted by molar-refractivity contribution is 7.89. The van der Waals surface area contributed by atoms with E-state index in [0.29, 0.717) is 13.1 Å². The van der Waals surface area contributed by atoms with Gasteiger partial charge in [-0.05, 0) is 24.6 Å². The molecule has 6 nitrogen and oxygen atoms in total. The summed E-state index contributed by atoms with van der Waals surface area (Å²) in [5.41, 5.74) is 5.51. The molecule has 0 saturated carbocycles. The second-order valence-corrected chi connectivity index (χ2v) is 10.1. The Bertz CT molecular complexity index is 1110. The van der Waals surface area contributed by atoms with Crippen LogP contribution >= 0.6 is 0 Å². The van der Waals surface area contributed by atoms with Crippen molar-refractivity contribution in [3.05, 3.63) is 83.2 Å². The topological polar surface area (TPSA) is 58.4 Å². The van der Waals surface area contributed by atoms with Crippen molar-refractivity contribution < 1.29 is 8.42 Å². The monoisotopic (exact) mass is 438 g/mol. The summed E-state index contributed by atoms with van der Waals surface area (Å²) in [7, 11) is -3.28. The fourth-order valence-electron chi connectivity index (χ4n) is 4.18. The Hall–Kier alpha value is -2.48. The summed E-state index contributed by atoms with van der Waals surface area (Å²) < 4.78 is 28.7. The molecule has 0 fully saturated rings. The molecule has 0 atom stereocenters. The standard InChI is InChI=1S/C24H30N4O2S/c1-3-27(31(29,30)4-2)19-23-22-18-26(17-20-11-7-5-8-12-20)16-15-24(22)28(25-23)21-13-9-6-10-14-21/h5-14H,3-4,15-19H2,1-2H3. The first-order chi connectivity index (χ1) is 15.0. The zero-order valence-corrected chi connectivity index (χ0v) is 19.1. The Kier molecular flexibility index (Phi) is 6.55. The largest absolute Gasteiger partial charge is 0.294 e. The van der Waals surface area contributed by atoms with Crippen molar-refractivity contribution >= 4 is 10.0 Å². The van der Waals surface area contributed by atoms with Crippen LogP contribution in [-0.4, -0.2) is 46.2 Å². The van der Waals surface area contributed by atoms with Gasteiger partial charge in [0, 0.05) is 38.2 Å². The van der Waals surface area contributed by atoms with Crippen LogP contribution in [0.15, 0.2) is 60.7 Å². The molecule has 1 aromatic heterocycles. The predicted octanol–water partition coefficient (Wildman–Crippen LogP) is 3.60. The minimum absolute atomic E-state index is 0.0998. The van der Waals surface area contributed by atoms with Crippen LogP contribution in [0, 0.1) is 0 Å². The van der Waals surface area contributed by atoms with Crippen molar-refractivity contribution in [2.24, 2.45) is 0 Å². The van der Waals surface area contributed by atoms with E-state index >= 15 is 0 Å². The van der Waals surface area contributed by atoms with E-state index in [9.17, 15) is 8.42 Å². The highest BCUT2D eigenvalue weighted by Crippen LogP contribution is 2.27. The van der Waals surface area contributed by atoms with Gasteiger partial charge in [-0.3, -0.25) is 4.90 Å². The van der Waals surface area contributed by atoms with E-state index in [4.69, 9.17) is 5.10 Å². The second-order valence-electron chi connectivity index (χ2n) is 7.89. The molecule has 2 heterocycles. The molecule has 0 amide bonds. The molecule has 1 aliphatic heterocycles. The molecule has 0 bridgehead atoms. The molecule has 31 heavy (non-hydrogen) atoms. The van der Waals surface area contributed by atoms with Crippen molar-refractivity contribution in [2.45, 2.75) is 39.9 Å². The first kappa shape index (κ1) is 21.7. The number of benzene rings is 2. The lowest BCUT2D eigenvalue weighted by atomic mass is 10.0. The van der Waals surface area contributed by atoms with E-state index in [-0.39, 0.29) is 5.75 Å². The third-order valence-electron chi connectivity index (χ3n) is 5.91. The van der Waals surface area contributed by atoms with Gasteiger partial charge in [-0.15, -0.1) is 0 Å². The summed E-state index contributed by atoms with van der Waals surface area (Å²) in [4.78, 5) is 2.42. The van der Waals surface area contributed by atoms with Gasteiger partial charge in [-0.25, -0.2) is 13.1 Å². The molecule has 1 aliphatic rings. The fourth-order valence-corrected chi connectivity index (χ4v) is 5.26. The molecule has 0 unspecified atom stereocenters. The van der Waals surface area contributed by atoms with Crippen LogP contribution in [0.25, 0.3) is 5.69 Å². The third-order valence-corrected chi connectivity index (χ3v) is 7.81. The van der Waals surface area contributed by atoms with Gasteiger partial charge in [-0.1, -0.05) is 55.5 Å². The number of rotatable bonds is 8. The summed E-state index contributed by atoms with van der Waals surface area (Å²) in [5, 5.41) is 4.92. The van der Waals surface area contributed by atoms with E-state index in [1.165, 1.54) is 11.3 Å². The smallest absolute Gasteiger partial charge is 0.214 e. The molecule has 3 aromatic rings. The third kappa shape index (κ3) is 4.74. The first-order valence-corrected chi connectivity index (χ1v) is 12.5. The van der Waals surface area contributed by atoms with Crippen molar-refractivity contribution in [3.8, 4) is 5.69 Å². The van der Waals surface area contributed by atoms with Crippen LogP contribution in [0.1, 0.15) is 36.4 Å². The second kappa shape index (κ2) is 9.34. The Balaban J connectivity index is 1.69. The average molecular weight is 439 g/mol. The molecule has 0 radical (unpaired) electrons. The number of nitrogens with zero attached hydrogens (tertiary/aromatic N) is 4. The van der Waals surface area contributed by atoms with Gasteiger partial charge in [0.05, 0.1) is 29.4 Å². The van der Waals surface area contributed by atoms with E-state index in [2.05, 4.69) is 29.2 Å². The Morgan fingerprint density at radius 1 is 1.00 bits per heavy atom. The first-order valence-electron chi connectivity index (χ1n) is 10.9. The van der Waals surface area contributed by atoms with Gasteiger partial charge in [0.15, 0.2) is 0 Å². The Morgan fingerprint density at radius 2 is 1.68 bits per heavy atom.